The van der Waals surface area contributed by atoms with Crippen molar-refractivity contribution in [2.75, 3.05) is 19.1 Å². The Morgan fingerprint density at radius 3 is 2.57 bits per heavy atom. The van der Waals surface area contributed by atoms with Crippen molar-refractivity contribution < 1.29 is 24.1 Å². The average molecular weight is 522 g/mol. The lowest BCUT2D eigenvalue weighted by Gasteiger charge is -2.49. The van der Waals surface area contributed by atoms with Gasteiger partial charge in [0.25, 0.3) is 0 Å². The number of hydrogen-bond acceptors (Lipinski definition) is 7. The van der Waals surface area contributed by atoms with Crippen LogP contribution in [0.15, 0.2) is 42.0 Å². The number of amides is 1. The minimum Gasteiger partial charge on any atom is -0.443 e. The number of aliphatic hydroxyl groups is 1. The van der Waals surface area contributed by atoms with E-state index in [9.17, 15) is 9.90 Å². The maximum Gasteiger partial charge on any atom is 0.415 e. The van der Waals surface area contributed by atoms with E-state index >= 15 is 0 Å². The zero-order valence-corrected chi connectivity index (χ0v) is 23.3. The summed E-state index contributed by atoms with van der Waals surface area (Å²) in [6.45, 7) is 8.24. The molecule has 2 fully saturated rings. The highest BCUT2D eigenvalue weighted by molar-refractivity contribution is 7.98. The van der Waals surface area contributed by atoms with Gasteiger partial charge in [-0.3, -0.25) is 4.90 Å². The zero-order chi connectivity index (χ0) is 25.8. The highest BCUT2D eigenvalue weighted by Crippen LogP contribution is 2.55. The summed E-state index contributed by atoms with van der Waals surface area (Å²) >= 11 is 6.98. The van der Waals surface area contributed by atoms with Crippen molar-refractivity contribution in [1.82, 2.24) is 4.90 Å². The van der Waals surface area contributed by atoms with Crippen molar-refractivity contribution in [1.29, 1.82) is 0 Å². The first kappa shape index (κ1) is 28.1. The van der Waals surface area contributed by atoms with Crippen LogP contribution in [0.3, 0.4) is 0 Å². The van der Waals surface area contributed by atoms with E-state index in [1.54, 1.807) is 25.8 Å². The van der Waals surface area contributed by atoms with Crippen LogP contribution < -0.4 is 0 Å². The average Bonchev–Trinajstić information content (AvgIpc) is 3.47. The highest BCUT2D eigenvalue weighted by Gasteiger charge is 2.67. The standard InChI is InChI=1S/C27H39NO5S2/c1-18(2)12-13-22-26(4,33-22)24-23(31-5)21(14-15-27(24,30)17-35-6)32-25(29)28(19(3)34)16-20-10-8-7-9-11-20/h7-12,21-24,30H,13-17H2,1-6H3. The number of ether oxygens (including phenoxy) is 3. The molecule has 1 aliphatic carbocycles. The number of benzene rings is 1. The molecule has 0 aromatic heterocycles. The Labute approximate surface area is 219 Å². The van der Waals surface area contributed by atoms with Gasteiger partial charge in [-0.2, -0.15) is 11.8 Å². The van der Waals surface area contributed by atoms with Gasteiger partial charge < -0.3 is 19.3 Å². The van der Waals surface area contributed by atoms with Crippen LogP contribution in [-0.2, 0) is 20.8 Å². The maximum absolute atomic E-state index is 13.3. The number of carbonyl (C=O) groups is 1. The summed E-state index contributed by atoms with van der Waals surface area (Å²) in [6, 6.07) is 9.70. The van der Waals surface area contributed by atoms with Gasteiger partial charge in [-0.1, -0.05) is 54.2 Å². The first-order valence-electron chi connectivity index (χ1n) is 12.1. The number of nitrogens with zero attached hydrogens (tertiary/aromatic N) is 1. The summed E-state index contributed by atoms with van der Waals surface area (Å²) in [5.41, 5.74) is 0.650. The minimum absolute atomic E-state index is 0.0133. The number of epoxide rings is 1. The smallest absolute Gasteiger partial charge is 0.415 e. The number of allylic oxidation sites excluding steroid dienone is 1. The van der Waals surface area contributed by atoms with Crippen molar-refractivity contribution in [3.05, 3.63) is 47.5 Å². The molecule has 1 aliphatic heterocycles. The zero-order valence-electron chi connectivity index (χ0n) is 21.7. The molecule has 35 heavy (non-hydrogen) atoms. The predicted molar refractivity (Wildman–Crippen MR) is 145 cm³/mol. The molecule has 8 heteroatoms. The van der Waals surface area contributed by atoms with Crippen molar-refractivity contribution in [3.63, 3.8) is 0 Å². The van der Waals surface area contributed by atoms with E-state index in [0.29, 0.717) is 30.1 Å². The SMILES string of the molecule is COC1C(OC(=O)N(Cc2ccccc2)C(C)=S)CCC(O)(CSC)C1C1(C)OC1CC=C(C)C. The Morgan fingerprint density at radius 2 is 2.00 bits per heavy atom. The van der Waals surface area contributed by atoms with E-state index in [2.05, 4.69) is 19.9 Å². The van der Waals surface area contributed by atoms with Gasteiger partial charge in [0.1, 0.15) is 17.8 Å². The van der Waals surface area contributed by atoms with Crippen molar-refractivity contribution in [2.45, 2.75) is 83.0 Å². The summed E-state index contributed by atoms with van der Waals surface area (Å²) in [6.07, 6.45) is 4.40. The van der Waals surface area contributed by atoms with Crippen molar-refractivity contribution in [3.8, 4) is 0 Å². The minimum atomic E-state index is -0.985. The number of rotatable bonds is 9. The predicted octanol–water partition coefficient (Wildman–Crippen LogP) is 5.37. The molecule has 1 N–H and O–H groups in total. The van der Waals surface area contributed by atoms with Crippen LogP contribution in [0.5, 0.6) is 0 Å². The Hall–Kier alpha value is -1.45. The fourth-order valence-corrected chi connectivity index (χ4v) is 6.32. The van der Waals surface area contributed by atoms with Crippen molar-refractivity contribution in [2.24, 2.45) is 5.92 Å². The molecular formula is C27H39NO5S2. The topological polar surface area (TPSA) is 71.5 Å². The fourth-order valence-electron chi connectivity index (χ4n) is 5.35. The molecule has 3 rings (SSSR count). The lowest BCUT2D eigenvalue weighted by atomic mass is 9.66. The molecule has 1 amide bonds. The molecule has 1 heterocycles. The van der Waals surface area contributed by atoms with Gasteiger partial charge in [0, 0.05) is 18.8 Å². The molecule has 1 aromatic carbocycles. The molecule has 0 spiro atoms. The van der Waals surface area contributed by atoms with Crippen LogP contribution in [0.4, 0.5) is 4.79 Å². The molecule has 6 atom stereocenters. The Balaban J connectivity index is 1.82. The number of hydrogen-bond donors (Lipinski definition) is 1. The normalized spacial score (nSPS) is 32.0. The Kier molecular flexibility index (Phi) is 9.43. The van der Waals surface area contributed by atoms with Crippen LogP contribution in [0.1, 0.15) is 52.5 Å². The van der Waals surface area contributed by atoms with Gasteiger partial charge in [-0.15, -0.1) is 0 Å². The van der Waals surface area contributed by atoms with Crippen LogP contribution >= 0.6 is 24.0 Å². The van der Waals surface area contributed by atoms with E-state index in [0.717, 1.165) is 12.0 Å². The van der Waals surface area contributed by atoms with E-state index in [-0.39, 0.29) is 12.0 Å². The second-order valence-corrected chi connectivity index (χ2v) is 11.5. The monoisotopic (exact) mass is 521 g/mol. The molecule has 6 unspecified atom stereocenters. The molecule has 1 aromatic rings. The molecule has 1 saturated carbocycles. The first-order chi connectivity index (χ1) is 16.6. The van der Waals surface area contributed by atoms with Gasteiger partial charge >= 0.3 is 6.09 Å². The van der Waals surface area contributed by atoms with Crippen LogP contribution in [0, 0.1) is 5.92 Å². The number of methoxy groups -OCH3 is 1. The van der Waals surface area contributed by atoms with Gasteiger partial charge in [0.2, 0.25) is 0 Å². The van der Waals surface area contributed by atoms with E-state index in [1.807, 2.05) is 43.5 Å². The molecule has 2 aliphatic rings. The van der Waals surface area contributed by atoms with Crippen LogP contribution in [0.25, 0.3) is 0 Å². The number of carbonyl (C=O) groups excluding carboxylic acids is 1. The lowest BCUT2D eigenvalue weighted by Crippen LogP contribution is -2.61. The fraction of sp³-hybridized carbons (Fsp3) is 0.630. The lowest BCUT2D eigenvalue weighted by molar-refractivity contribution is -0.171. The summed E-state index contributed by atoms with van der Waals surface area (Å²) in [5, 5.41) is 11.8. The third-order valence-corrected chi connectivity index (χ3v) is 8.18. The Morgan fingerprint density at radius 1 is 1.31 bits per heavy atom. The van der Waals surface area contributed by atoms with Crippen LogP contribution in [0.2, 0.25) is 0 Å². The number of thioether (sulfide) groups is 1. The molecule has 6 nitrogen and oxygen atoms in total. The van der Waals surface area contributed by atoms with E-state index in [4.69, 9.17) is 26.4 Å². The van der Waals surface area contributed by atoms with Gasteiger partial charge in [-0.25, -0.2) is 4.79 Å². The summed E-state index contributed by atoms with van der Waals surface area (Å²) in [7, 11) is 1.62. The molecule has 0 radical (unpaired) electrons. The van der Waals surface area contributed by atoms with Gasteiger partial charge in [0.15, 0.2) is 0 Å². The molecule has 194 valence electrons. The maximum atomic E-state index is 13.3. The Bertz CT molecular complexity index is 921. The second-order valence-electron chi connectivity index (χ2n) is 10.1. The third-order valence-electron chi connectivity index (χ3n) is 7.17. The van der Waals surface area contributed by atoms with Gasteiger partial charge in [0.05, 0.1) is 23.2 Å². The third kappa shape index (κ3) is 6.46. The molecular weight excluding hydrogens is 482 g/mol. The van der Waals surface area contributed by atoms with E-state index < -0.39 is 29.5 Å². The summed E-state index contributed by atoms with van der Waals surface area (Å²) in [4.78, 5) is 15.2. The summed E-state index contributed by atoms with van der Waals surface area (Å²) in [5.74, 6) is 0.219. The molecule has 0 bridgehead atoms. The summed E-state index contributed by atoms with van der Waals surface area (Å²) < 4.78 is 18.2. The van der Waals surface area contributed by atoms with Gasteiger partial charge in [-0.05, 0) is 58.8 Å². The highest BCUT2D eigenvalue weighted by atomic mass is 32.2. The number of thiocarbonyl (C=S) groups is 1. The van der Waals surface area contributed by atoms with Crippen molar-refractivity contribution >= 4 is 35.1 Å². The van der Waals surface area contributed by atoms with Crippen LogP contribution in [-0.4, -0.2) is 69.7 Å². The quantitative estimate of drug-likeness (QED) is 0.266. The second kappa shape index (κ2) is 11.7. The first-order valence-corrected chi connectivity index (χ1v) is 13.9. The van der Waals surface area contributed by atoms with E-state index in [1.165, 1.54) is 10.5 Å². The largest absolute Gasteiger partial charge is 0.443 e. The molecule has 1 saturated heterocycles.